The van der Waals surface area contributed by atoms with Crippen LogP contribution < -0.4 is 5.43 Å². The van der Waals surface area contributed by atoms with Crippen LogP contribution in [0.15, 0.2) is 59.5 Å². The summed E-state index contributed by atoms with van der Waals surface area (Å²) in [4.78, 5) is 26.9. The van der Waals surface area contributed by atoms with Gasteiger partial charge in [-0.1, -0.05) is 42.5 Å². The summed E-state index contributed by atoms with van der Waals surface area (Å²) in [6, 6.07) is 10.9. The third-order valence-corrected chi connectivity index (χ3v) is 6.63. The number of likely N-dealkylation sites (tertiary alicyclic amines) is 1. The number of halogens is 2. The Hall–Kier alpha value is -3.64. The van der Waals surface area contributed by atoms with Gasteiger partial charge < -0.3 is 10.0 Å². The van der Waals surface area contributed by atoms with Crippen molar-refractivity contribution >= 4 is 16.0 Å². The topological polar surface area (TPSA) is 130 Å². The SMILES string of the molecule is CS(=O)(=O)O[C@@H](C1CCCN1C(=O)c1n[nH]cc(O)c1=O)[C@H](c1ccccc1)c1cccc(F)c1F. The van der Waals surface area contributed by atoms with Gasteiger partial charge in [0.15, 0.2) is 23.1 Å². The van der Waals surface area contributed by atoms with Crippen molar-refractivity contribution in [1.82, 2.24) is 15.1 Å². The summed E-state index contributed by atoms with van der Waals surface area (Å²) in [6.45, 7) is 0.122. The molecule has 36 heavy (non-hydrogen) atoms. The molecule has 1 saturated heterocycles. The summed E-state index contributed by atoms with van der Waals surface area (Å²) < 4.78 is 59.6. The van der Waals surface area contributed by atoms with Crippen molar-refractivity contribution in [3.05, 3.63) is 93.4 Å². The molecule has 190 valence electrons. The molecule has 0 radical (unpaired) electrons. The summed E-state index contributed by atoms with van der Waals surface area (Å²) >= 11 is 0. The first kappa shape index (κ1) is 25.5. The van der Waals surface area contributed by atoms with Crippen LogP contribution in [0.4, 0.5) is 8.78 Å². The fourth-order valence-corrected chi connectivity index (χ4v) is 5.22. The lowest BCUT2D eigenvalue weighted by molar-refractivity contribution is 0.0525. The minimum absolute atomic E-state index is 0.122. The van der Waals surface area contributed by atoms with E-state index in [0.717, 1.165) is 18.5 Å². The number of aromatic hydroxyl groups is 1. The molecule has 0 spiro atoms. The number of nitrogens with one attached hydrogen (secondary N) is 1. The minimum atomic E-state index is -4.15. The number of aromatic amines is 1. The maximum atomic E-state index is 15.1. The molecule has 1 unspecified atom stereocenters. The molecule has 12 heteroatoms. The van der Waals surface area contributed by atoms with Gasteiger partial charge >= 0.3 is 0 Å². The number of hydrogen-bond acceptors (Lipinski definition) is 7. The lowest BCUT2D eigenvalue weighted by atomic mass is 9.82. The highest BCUT2D eigenvalue weighted by atomic mass is 32.2. The van der Waals surface area contributed by atoms with Gasteiger partial charge in [0.2, 0.25) is 0 Å². The van der Waals surface area contributed by atoms with Gasteiger partial charge in [-0.15, -0.1) is 0 Å². The van der Waals surface area contributed by atoms with E-state index in [2.05, 4.69) is 10.2 Å². The largest absolute Gasteiger partial charge is 0.503 e. The maximum Gasteiger partial charge on any atom is 0.278 e. The third kappa shape index (κ3) is 5.14. The quantitative estimate of drug-likeness (QED) is 0.459. The van der Waals surface area contributed by atoms with E-state index < -0.39 is 62.6 Å². The van der Waals surface area contributed by atoms with Gasteiger partial charge in [0.25, 0.3) is 21.5 Å². The number of carbonyl (C=O) groups is 1. The molecule has 0 saturated carbocycles. The van der Waals surface area contributed by atoms with Crippen LogP contribution in [0.25, 0.3) is 0 Å². The summed E-state index contributed by atoms with van der Waals surface area (Å²) in [5.41, 5.74) is -1.31. The Morgan fingerprint density at radius 2 is 1.92 bits per heavy atom. The standard InChI is InChI=1S/C24H23F2N3O6S/c1-36(33,34)35-23(17-11-6-12-29(17)24(32)21-22(31)18(30)13-27-28-21)19(14-7-3-2-4-8-14)15-9-5-10-16(25)20(15)26/h2-5,7-10,13,17,19,23H,6,11-12H2,1H3,(H,27,31)(H,28,30)/t17?,19-,23+/m1/s1. The van der Waals surface area contributed by atoms with Gasteiger partial charge in [-0.25, -0.2) is 8.78 Å². The predicted octanol–water partition coefficient (Wildman–Crippen LogP) is 2.54. The van der Waals surface area contributed by atoms with E-state index in [-0.39, 0.29) is 18.5 Å². The molecule has 1 aliphatic heterocycles. The normalized spacial score (nSPS) is 17.6. The van der Waals surface area contributed by atoms with E-state index >= 15 is 4.39 Å². The van der Waals surface area contributed by atoms with E-state index in [4.69, 9.17) is 4.18 Å². The average molecular weight is 520 g/mol. The van der Waals surface area contributed by atoms with E-state index in [0.29, 0.717) is 12.0 Å². The second-order valence-corrected chi connectivity index (χ2v) is 10.1. The molecule has 3 aromatic rings. The first-order valence-electron chi connectivity index (χ1n) is 11.0. The number of benzene rings is 2. The van der Waals surface area contributed by atoms with Crippen molar-refractivity contribution in [3.8, 4) is 5.75 Å². The molecule has 0 bridgehead atoms. The molecule has 2 N–H and O–H groups in total. The summed E-state index contributed by atoms with van der Waals surface area (Å²) in [5, 5.41) is 15.7. The van der Waals surface area contributed by atoms with Crippen molar-refractivity contribution < 1.29 is 31.3 Å². The molecule has 1 amide bonds. The van der Waals surface area contributed by atoms with E-state index in [1.807, 2.05) is 0 Å². The fourth-order valence-electron chi connectivity index (χ4n) is 4.57. The van der Waals surface area contributed by atoms with Crippen LogP contribution in [-0.4, -0.2) is 59.5 Å². The Kier molecular flexibility index (Phi) is 7.18. The first-order valence-corrected chi connectivity index (χ1v) is 12.8. The number of nitrogens with zero attached hydrogens (tertiary/aromatic N) is 2. The second kappa shape index (κ2) is 10.2. The molecule has 2 aromatic carbocycles. The number of H-pyrrole nitrogens is 1. The molecule has 1 aromatic heterocycles. The Morgan fingerprint density at radius 1 is 1.19 bits per heavy atom. The first-order chi connectivity index (χ1) is 17.1. The van der Waals surface area contributed by atoms with E-state index in [1.54, 1.807) is 30.3 Å². The number of hydrogen-bond donors (Lipinski definition) is 2. The van der Waals surface area contributed by atoms with Crippen LogP contribution in [0.5, 0.6) is 5.75 Å². The Morgan fingerprint density at radius 3 is 2.61 bits per heavy atom. The highest BCUT2D eigenvalue weighted by molar-refractivity contribution is 7.86. The molecule has 0 aliphatic carbocycles. The van der Waals surface area contributed by atoms with Crippen LogP contribution in [0.3, 0.4) is 0 Å². The molecule has 1 aliphatic rings. The second-order valence-electron chi connectivity index (χ2n) is 8.45. The Balaban J connectivity index is 1.87. The fraction of sp³-hybridized carbons (Fsp3) is 0.292. The van der Waals surface area contributed by atoms with Crippen molar-refractivity contribution in [2.45, 2.75) is 30.9 Å². The van der Waals surface area contributed by atoms with Crippen LogP contribution in [-0.2, 0) is 14.3 Å². The predicted molar refractivity (Wildman–Crippen MR) is 125 cm³/mol. The van der Waals surface area contributed by atoms with Gasteiger partial charge in [-0.2, -0.15) is 13.5 Å². The van der Waals surface area contributed by atoms with Gasteiger partial charge in [0.1, 0.15) is 6.10 Å². The van der Waals surface area contributed by atoms with Gasteiger partial charge in [-0.05, 0) is 24.5 Å². The van der Waals surface area contributed by atoms with Crippen molar-refractivity contribution in [2.75, 3.05) is 12.8 Å². The molecule has 4 rings (SSSR count). The van der Waals surface area contributed by atoms with E-state index in [1.165, 1.54) is 17.0 Å². The molecule has 3 atom stereocenters. The number of amides is 1. The summed E-state index contributed by atoms with van der Waals surface area (Å²) in [5.74, 6) is -5.00. The molecule has 9 nitrogen and oxygen atoms in total. The number of rotatable bonds is 7. The average Bonchev–Trinajstić information content (AvgIpc) is 3.32. The van der Waals surface area contributed by atoms with Crippen LogP contribution in [0.2, 0.25) is 0 Å². The van der Waals surface area contributed by atoms with Crippen molar-refractivity contribution in [2.24, 2.45) is 0 Å². The lowest BCUT2D eigenvalue weighted by Crippen LogP contribution is -2.48. The van der Waals surface area contributed by atoms with E-state index in [9.17, 15) is 27.5 Å². The smallest absolute Gasteiger partial charge is 0.278 e. The third-order valence-electron chi connectivity index (χ3n) is 6.06. The maximum absolute atomic E-state index is 15.1. The Labute approximate surface area is 205 Å². The van der Waals surface area contributed by atoms with Crippen molar-refractivity contribution in [1.29, 1.82) is 0 Å². The molecular formula is C24H23F2N3O6S. The monoisotopic (exact) mass is 519 g/mol. The summed E-state index contributed by atoms with van der Waals surface area (Å²) in [6.07, 6.45) is 1.05. The van der Waals surface area contributed by atoms with Crippen LogP contribution in [0.1, 0.15) is 40.4 Å². The van der Waals surface area contributed by atoms with Gasteiger partial charge in [0.05, 0.1) is 18.5 Å². The zero-order chi connectivity index (χ0) is 26.0. The molecule has 1 fully saturated rings. The van der Waals surface area contributed by atoms with Gasteiger partial charge in [0, 0.05) is 18.0 Å². The number of aromatic nitrogens is 2. The van der Waals surface area contributed by atoms with Crippen LogP contribution in [0, 0.1) is 11.6 Å². The number of carbonyl (C=O) groups excluding carboxylic acids is 1. The molecule has 2 heterocycles. The highest BCUT2D eigenvalue weighted by Crippen LogP contribution is 2.38. The van der Waals surface area contributed by atoms with Gasteiger partial charge in [-0.3, -0.25) is 18.9 Å². The minimum Gasteiger partial charge on any atom is -0.503 e. The molecular weight excluding hydrogens is 496 g/mol. The van der Waals surface area contributed by atoms with Crippen LogP contribution >= 0.6 is 0 Å². The lowest BCUT2D eigenvalue weighted by Gasteiger charge is -2.36. The zero-order valence-corrected chi connectivity index (χ0v) is 19.9. The Bertz CT molecular complexity index is 1430. The zero-order valence-electron chi connectivity index (χ0n) is 19.1. The highest BCUT2D eigenvalue weighted by Gasteiger charge is 2.44. The summed E-state index contributed by atoms with van der Waals surface area (Å²) in [7, 11) is -4.15. The van der Waals surface area contributed by atoms with Crippen molar-refractivity contribution in [3.63, 3.8) is 0 Å².